The van der Waals surface area contributed by atoms with Crippen LogP contribution < -0.4 is 0 Å². The normalized spacial score (nSPS) is 11.0. The second kappa shape index (κ2) is 6.58. The molecule has 0 N–H and O–H groups in total. The SMILES string of the molecule is CCCc1cccc(-c2ccc3c(-c4cccnc4)csc3c2)c1. The molecular weight excluding hydrogens is 310 g/mol. The molecule has 0 aliphatic heterocycles. The number of thiophene rings is 1. The zero-order valence-electron chi connectivity index (χ0n) is 13.7. The average molecular weight is 329 g/mol. The molecule has 2 heteroatoms. The Balaban J connectivity index is 1.76. The maximum atomic E-state index is 4.24. The molecule has 1 nitrogen and oxygen atoms in total. The fourth-order valence-corrected chi connectivity index (χ4v) is 4.16. The summed E-state index contributed by atoms with van der Waals surface area (Å²) in [4.78, 5) is 4.24. The summed E-state index contributed by atoms with van der Waals surface area (Å²) in [5.41, 5.74) is 6.47. The van der Waals surface area contributed by atoms with Crippen molar-refractivity contribution in [1.82, 2.24) is 4.98 Å². The molecule has 2 aromatic heterocycles. The Morgan fingerprint density at radius 1 is 0.917 bits per heavy atom. The Morgan fingerprint density at radius 3 is 2.62 bits per heavy atom. The Labute approximate surface area is 146 Å². The van der Waals surface area contributed by atoms with Crippen LogP contribution in [0.15, 0.2) is 72.4 Å². The van der Waals surface area contributed by atoms with Gasteiger partial charge in [-0.1, -0.05) is 55.8 Å². The minimum Gasteiger partial charge on any atom is -0.264 e. The van der Waals surface area contributed by atoms with Gasteiger partial charge in [0.25, 0.3) is 0 Å². The summed E-state index contributed by atoms with van der Waals surface area (Å²) in [5, 5.41) is 3.54. The molecule has 0 aliphatic rings. The zero-order valence-corrected chi connectivity index (χ0v) is 14.5. The van der Waals surface area contributed by atoms with Crippen LogP contribution in [0.5, 0.6) is 0 Å². The molecule has 4 rings (SSSR count). The van der Waals surface area contributed by atoms with E-state index in [1.807, 2.05) is 18.5 Å². The first-order valence-electron chi connectivity index (χ1n) is 8.36. The summed E-state index contributed by atoms with van der Waals surface area (Å²) >= 11 is 1.80. The predicted molar refractivity (Wildman–Crippen MR) is 104 cm³/mol. The van der Waals surface area contributed by atoms with Crippen molar-refractivity contribution in [3.8, 4) is 22.3 Å². The largest absolute Gasteiger partial charge is 0.264 e. The van der Waals surface area contributed by atoms with Crippen molar-refractivity contribution in [2.45, 2.75) is 19.8 Å². The summed E-state index contributed by atoms with van der Waals surface area (Å²) in [6, 6.07) is 19.8. The number of pyridine rings is 1. The third kappa shape index (κ3) is 2.85. The Kier molecular flexibility index (Phi) is 4.14. The maximum Gasteiger partial charge on any atom is 0.0355 e. The molecular formula is C22H19NS. The molecule has 2 aromatic carbocycles. The van der Waals surface area contributed by atoms with E-state index in [9.17, 15) is 0 Å². The summed E-state index contributed by atoms with van der Waals surface area (Å²) in [7, 11) is 0. The molecule has 0 saturated carbocycles. The van der Waals surface area contributed by atoms with Crippen LogP contribution in [-0.4, -0.2) is 4.98 Å². The maximum absolute atomic E-state index is 4.24. The minimum absolute atomic E-state index is 1.14. The number of rotatable bonds is 4. The number of hydrogen-bond donors (Lipinski definition) is 0. The number of aryl methyl sites for hydroxylation is 1. The Morgan fingerprint density at radius 2 is 1.79 bits per heavy atom. The molecule has 0 aliphatic carbocycles. The molecule has 0 fully saturated rings. The average Bonchev–Trinajstić information content (AvgIpc) is 3.06. The monoisotopic (exact) mass is 329 g/mol. The van der Waals surface area contributed by atoms with Gasteiger partial charge >= 0.3 is 0 Å². The lowest BCUT2D eigenvalue weighted by molar-refractivity contribution is 0.922. The van der Waals surface area contributed by atoms with E-state index in [2.05, 4.69) is 65.8 Å². The van der Waals surface area contributed by atoms with E-state index < -0.39 is 0 Å². The number of hydrogen-bond acceptors (Lipinski definition) is 2. The van der Waals surface area contributed by atoms with Crippen LogP contribution in [0, 0.1) is 0 Å². The van der Waals surface area contributed by atoms with Crippen molar-refractivity contribution in [2.24, 2.45) is 0 Å². The van der Waals surface area contributed by atoms with Crippen LogP contribution >= 0.6 is 11.3 Å². The van der Waals surface area contributed by atoms with Gasteiger partial charge in [-0.3, -0.25) is 4.98 Å². The topological polar surface area (TPSA) is 12.9 Å². The number of fused-ring (bicyclic) bond motifs is 1. The smallest absolute Gasteiger partial charge is 0.0355 e. The van der Waals surface area contributed by atoms with Gasteiger partial charge in [0.2, 0.25) is 0 Å². The van der Waals surface area contributed by atoms with Crippen LogP contribution in [0.1, 0.15) is 18.9 Å². The van der Waals surface area contributed by atoms with Crippen molar-refractivity contribution in [3.63, 3.8) is 0 Å². The van der Waals surface area contributed by atoms with Crippen LogP contribution in [0.3, 0.4) is 0 Å². The zero-order chi connectivity index (χ0) is 16.4. The first kappa shape index (κ1) is 15.1. The van der Waals surface area contributed by atoms with Crippen molar-refractivity contribution in [3.05, 3.63) is 77.9 Å². The van der Waals surface area contributed by atoms with Gasteiger partial charge in [0.15, 0.2) is 0 Å². The quantitative estimate of drug-likeness (QED) is 0.412. The lowest BCUT2D eigenvalue weighted by Crippen LogP contribution is -1.84. The van der Waals surface area contributed by atoms with Crippen LogP contribution in [0.25, 0.3) is 32.3 Å². The van der Waals surface area contributed by atoms with Gasteiger partial charge in [-0.2, -0.15) is 0 Å². The fourth-order valence-electron chi connectivity index (χ4n) is 3.15. The van der Waals surface area contributed by atoms with E-state index in [-0.39, 0.29) is 0 Å². The van der Waals surface area contributed by atoms with Gasteiger partial charge < -0.3 is 0 Å². The van der Waals surface area contributed by atoms with Crippen LogP contribution in [0.2, 0.25) is 0 Å². The van der Waals surface area contributed by atoms with Gasteiger partial charge in [0, 0.05) is 33.6 Å². The van der Waals surface area contributed by atoms with Gasteiger partial charge in [-0.25, -0.2) is 0 Å². The summed E-state index contributed by atoms with van der Waals surface area (Å²) < 4.78 is 1.33. The fraction of sp³-hybridized carbons (Fsp3) is 0.136. The predicted octanol–water partition coefficient (Wildman–Crippen LogP) is 6.58. The molecule has 0 bridgehead atoms. The van der Waals surface area contributed by atoms with Gasteiger partial charge in [0.1, 0.15) is 0 Å². The molecule has 0 unspecified atom stereocenters. The highest BCUT2D eigenvalue weighted by Gasteiger charge is 2.08. The van der Waals surface area contributed by atoms with E-state index in [0.29, 0.717) is 0 Å². The highest BCUT2D eigenvalue weighted by molar-refractivity contribution is 7.17. The number of aromatic nitrogens is 1. The van der Waals surface area contributed by atoms with E-state index >= 15 is 0 Å². The molecule has 2 heterocycles. The van der Waals surface area contributed by atoms with E-state index in [0.717, 1.165) is 6.42 Å². The Hall–Kier alpha value is -2.45. The molecule has 0 amide bonds. The van der Waals surface area contributed by atoms with Gasteiger partial charge in [-0.05, 0) is 40.6 Å². The molecule has 0 radical (unpaired) electrons. The van der Waals surface area contributed by atoms with Gasteiger partial charge in [-0.15, -0.1) is 11.3 Å². The Bertz CT molecular complexity index is 970. The highest BCUT2D eigenvalue weighted by Crippen LogP contribution is 2.36. The van der Waals surface area contributed by atoms with Crippen LogP contribution in [-0.2, 0) is 6.42 Å². The second-order valence-corrected chi connectivity index (χ2v) is 6.96. The molecule has 24 heavy (non-hydrogen) atoms. The lowest BCUT2D eigenvalue weighted by Gasteiger charge is -2.06. The molecule has 0 atom stereocenters. The first-order valence-corrected chi connectivity index (χ1v) is 9.24. The van der Waals surface area contributed by atoms with Crippen LogP contribution in [0.4, 0.5) is 0 Å². The van der Waals surface area contributed by atoms with Crippen molar-refractivity contribution >= 4 is 21.4 Å². The van der Waals surface area contributed by atoms with Crippen molar-refractivity contribution in [1.29, 1.82) is 0 Å². The molecule has 118 valence electrons. The van der Waals surface area contributed by atoms with Gasteiger partial charge in [0.05, 0.1) is 0 Å². The van der Waals surface area contributed by atoms with Crippen molar-refractivity contribution in [2.75, 3.05) is 0 Å². The minimum atomic E-state index is 1.14. The lowest BCUT2D eigenvalue weighted by atomic mass is 9.99. The van der Waals surface area contributed by atoms with E-state index in [1.54, 1.807) is 11.3 Å². The number of benzene rings is 2. The highest BCUT2D eigenvalue weighted by atomic mass is 32.1. The second-order valence-electron chi connectivity index (χ2n) is 6.05. The first-order chi connectivity index (χ1) is 11.8. The summed E-state index contributed by atoms with van der Waals surface area (Å²) in [6.07, 6.45) is 6.07. The van der Waals surface area contributed by atoms with E-state index in [4.69, 9.17) is 0 Å². The molecule has 0 saturated heterocycles. The third-order valence-corrected chi connectivity index (χ3v) is 5.29. The molecule has 4 aromatic rings. The number of nitrogens with zero attached hydrogens (tertiary/aromatic N) is 1. The molecule has 0 spiro atoms. The third-order valence-electron chi connectivity index (χ3n) is 4.35. The van der Waals surface area contributed by atoms with Crippen molar-refractivity contribution < 1.29 is 0 Å². The standard InChI is InChI=1S/C22H19NS/c1-2-5-16-6-3-7-17(12-16)18-9-10-20-21(15-24-22(20)13-18)19-8-4-11-23-14-19/h3-4,6-15H,2,5H2,1H3. The summed E-state index contributed by atoms with van der Waals surface area (Å²) in [6.45, 7) is 2.23. The summed E-state index contributed by atoms with van der Waals surface area (Å²) in [5.74, 6) is 0. The van der Waals surface area contributed by atoms with E-state index in [1.165, 1.54) is 44.3 Å².